The summed E-state index contributed by atoms with van der Waals surface area (Å²) in [6, 6.07) is 5.60. The first-order valence-corrected chi connectivity index (χ1v) is 5.95. The highest BCUT2D eigenvalue weighted by Gasteiger charge is 2.37. The van der Waals surface area contributed by atoms with E-state index in [0.717, 1.165) is 0 Å². The normalized spacial score (nSPS) is 24.6. The second-order valence-corrected chi connectivity index (χ2v) is 4.60. The topological polar surface area (TPSA) is 43.8 Å². The monoisotopic (exact) mass is 252 g/mol. The molecular weight excluding hydrogens is 235 g/mol. The molecular formula is C13H17FN2O2. The highest BCUT2D eigenvalue weighted by Crippen LogP contribution is 2.25. The second-order valence-electron chi connectivity index (χ2n) is 4.60. The number of rotatable bonds is 2. The van der Waals surface area contributed by atoms with Crippen LogP contribution >= 0.6 is 0 Å². The third-order valence-electron chi connectivity index (χ3n) is 3.47. The molecule has 4 nitrogen and oxygen atoms in total. The Morgan fingerprint density at radius 2 is 2.11 bits per heavy atom. The molecule has 1 amide bonds. The van der Waals surface area contributed by atoms with Crippen molar-refractivity contribution in [2.45, 2.75) is 19.0 Å². The molecule has 1 heterocycles. The highest BCUT2D eigenvalue weighted by atomic mass is 19.1. The highest BCUT2D eigenvalue weighted by molar-refractivity contribution is 5.87. The Balaban J connectivity index is 2.37. The van der Waals surface area contributed by atoms with Crippen LogP contribution in [0.15, 0.2) is 24.3 Å². The smallest absolute Gasteiger partial charge is 0.247 e. The first-order valence-electron chi connectivity index (χ1n) is 5.95. The zero-order valence-corrected chi connectivity index (χ0v) is 10.5. The summed E-state index contributed by atoms with van der Waals surface area (Å²) in [6.45, 7) is 2.10. The van der Waals surface area contributed by atoms with Gasteiger partial charge in [0.1, 0.15) is 11.9 Å². The van der Waals surface area contributed by atoms with Crippen LogP contribution in [-0.2, 0) is 4.79 Å². The lowest BCUT2D eigenvalue weighted by Gasteiger charge is -2.43. The summed E-state index contributed by atoms with van der Waals surface area (Å²) in [5.41, 5.74) is 0.366. The van der Waals surface area contributed by atoms with E-state index in [-0.39, 0.29) is 24.4 Å². The molecule has 1 N–H and O–H groups in total. The third-order valence-corrected chi connectivity index (χ3v) is 3.47. The van der Waals surface area contributed by atoms with Crippen LogP contribution in [0.3, 0.4) is 0 Å². The fourth-order valence-electron chi connectivity index (χ4n) is 2.25. The van der Waals surface area contributed by atoms with Crippen molar-refractivity contribution in [1.29, 1.82) is 0 Å². The van der Waals surface area contributed by atoms with Crippen molar-refractivity contribution < 1.29 is 14.3 Å². The van der Waals surface area contributed by atoms with E-state index >= 15 is 0 Å². The molecule has 2 unspecified atom stereocenters. The number of carbonyl (C=O) groups excluding carboxylic acids is 1. The minimum Gasteiger partial charge on any atom is -0.394 e. The molecule has 1 aliphatic rings. The SMILES string of the molecule is CC1CN(c2ccccc2F)C(CO)C(=O)N1C. The van der Waals surface area contributed by atoms with Gasteiger partial charge in [-0.3, -0.25) is 4.79 Å². The lowest BCUT2D eigenvalue weighted by atomic mass is 10.1. The molecule has 0 saturated carbocycles. The zero-order valence-electron chi connectivity index (χ0n) is 10.5. The maximum absolute atomic E-state index is 13.8. The quantitative estimate of drug-likeness (QED) is 0.848. The Hall–Kier alpha value is -1.62. The van der Waals surface area contributed by atoms with E-state index in [1.54, 1.807) is 35.0 Å². The molecule has 1 aliphatic heterocycles. The van der Waals surface area contributed by atoms with Gasteiger partial charge in [-0.25, -0.2) is 4.39 Å². The number of amides is 1. The molecule has 0 radical (unpaired) electrons. The summed E-state index contributed by atoms with van der Waals surface area (Å²) in [5, 5.41) is 9.38. The van der Waals surface area contributed by atoms with Crippen molar-refractivity contribution in [1.82, 2.24) is 4.90 Å². The minimum atomic E-state index is -0.705. The maximum atomic E-state index is 13.8. The van der Waals surface area contributed by atoms with Crippen molar-refractivity contribution in [2.24, 2.45) is 0 Å². The van der Waals surface area contributed by atoms with Crippen molar-refractivity contribution in [2.75, 3.05) is 25.1 Å². The summed E-state index contributed by atoms with van der Waals surface area (Å²) < 4.78 is 13.8. The Morgan fingerprint density at radius 3 is 2.72 bits per heavy atom. The molecule has 2 atom stereocenters. The van der Waals surface area contributed by atoms with Crippen LogP contribution in [0, 0.1) is 5.82 Å². The largest absolute Gasteiger partial charge is 0.394 e. The lowest BCUT2D eigenvalue weighted by molar-refractivity contribution is -0.136. The lowest BCUT2D eigenvalue weighted by Crippen LogP contribution is -2.61. The molecule has 5 heteroatoms. The molecule has 1 aromatic carbocycles. The van der Waals surface area contributed by atoms with Gasteiger partial charge in [0.25, 0.3) is 0 Å². The van der Waals surface area contributed by atoms with Gasteiger partial charge in [-0.15, -0.1) is 0 Å². The number of halogens is 1. The average Bonchev–Trinajstić information content (AvgIpc) is 2.36. The first-order chi connectivity index (χ1) is 8.56. The molecule has 1 saturated heterocycles. The van der Waals surface area contributed by atoms with Gasteiger partial charge in [0.15, 0.2) is 0 Å². The van der Waals surface area contributed by atoms with E-state index in [1.807, 2.05) is 6.92 Å². The van der Waals surface area contributed by atoms with Crippen LogP contribution in [0.2, 0.25) is 0 Å². The van der Waals surface area contributed by atoms with Gasteiger partial charge in [-0.1, -0.05) is 12.1 Å². The maximum Gasteiger partial charge on any atom is 0.247 e. The van der Waals surface area contributed by atoms with Crippen molar-refractivity contribution in [3.8, 4) is 0 Å². The fourth-order valence-corrected chi connectivity index (χ4v) is 2.25. The van der Waals surface area contributed by atoms with Gasteiger partial charge >= 0.3 is 0 Å². The van der Waals surface area contributed by atoms with Gasteiger partial charge in [-0.2, -0.15) is 0 Å². The van der Waals surface area contributed by atoms with Crippen molar-refractivity contribution >= 4 is 11.6 Å². The number of hydrogen-bond acceptors (Lipinski definition) is 3. The van der Waals surface area contributed by atoms with E-state index < -0.39 is 6.04 Å². The number of likely N-dealkylation sites (N-methyl/N-ethyl adjacent to an activating group) is 1. The van der Waals surface area contributed by atoms with Crippen LogP contribution in [0.25, 0.3) is 0 Å². The number of benzene rings is 1. The predicted octanol–water partition coefficient (Wildman–Crippen LogP) is 0.853. The molecule has 0 spiro atoms. The number of para-hydroxylation sites is 1. The Bertz CT molecular complexity index is 452. The van der Waals surface area contributed by atoms with Crippen LogP contribution in [0.1, 0.15) is 6.92 Å². The molecule has 18 heavy (non-hydrogen) atoms. The first kappa shape index (κ1) is 12.8. The molecule has 1 aromatic rings. The van der Waals surface area contributed by atoms with Crippen molar-refractivity contribution in [3.05, 3.63) is 30.1 Å². The summed E-state index contributed by atoms with van der Waals surface area (Å²) >= 11 is 0. The van der Waals surface area contributed by atoms with Crippen LogP contribution in [0.4, 0.5) is 10.1 Å². The Labute approximate surface area is 106 Å². The molecule has 0 aliphatic carbocycles. The molecule has 0 bridgehead atoms. The van der Waals surface area contributed by atoms with E-state index in [1.165, 1.54) is 6.07 Å². The molecule has 2 rings (SSSR count). The van der Waals surface area contributed by atoms with Crippen molar-refractivity contribution in [3.63, 3.8) is 0 Å². The molecule has 1 fully saturated rings. The van der Waals surface area contributed by atoms with Crippen LogP contribution < -0.4 is 4.90 Å². The van der Waals surface area contributed by atoms with E-state index in [4.69, 9.17) is 0 Å². The van der Waals surface area contributed by atoms with E-state index in [0.29, 0.717) is 12.2 Å². The summed E-state index contributed by atoms with van der Waals surface area (Å²) in [7, 11) is 1.70. The van der Waals surface area contributed by atoms with Gasteiger partial charge in [0, 0.05) is 19.6 Å². The Kier molecular flexibility index (Phi) is 3.52. The summed E-state index contributed by atoms with van der Waals surface area (Å²) in [5.74, 6) is -0.556. The second kappa shape index (κ2) is 4.94. The number of aliphatic hydroxyl groups excluding tert-OH is 1. The van der Waals surface area contributed by atoms with Gasteiger partial charge in [0.2, 0.25) is 5.91 Å². The number of nitrogens with zero attached hydrogens (tertiary/aromatic N) is 2. The minimum absolute atomic E-state index is 0.0140. The fraction of sp³-hybridized carbons (Fsp3) is 0.462. The summed E-state index contributed by atoms with van der Waals surface area (Å²) in [4.78, 5) is 15.3. The number of piperazine rings is 1. The predicted molar refractivity (Wildman–Crippen MR) is 66.9 cm³/mol. The number of hydrogen-bond donors (Lipinski definition) is 1. The summed E-state index contributed by atoms with van der Waals surface area (Å²) in [6.07, 6.45) is 0. The standard InChI is InChI=1S/C13H17FN2O2/c1-9-7-16(11-6-4-3-5-10(11)14)12(8-17)13(18)15(9)2/h3-6,9,12,17H,7-8H2,1-2H3. The number of aliphatic hydroxyl groups is 1. The van der Waals surface area contributed by atoms with E-state index in [9.17, 15) is 14.3 Å². The number of anilines is 1. The third kappa shape index (κ3) is 2.06. The average molecular weight is 252 g/mol. The van der Waals surface area contributed by atoms with E-state index in [2.05, 4.69) is 0 Å². The molecule has 98 valence electrons. The van der Waals surface area contributed by atoms with Gasteiger partial charge < -0.3 is 14.9 Å². The molecule has 0 aromatic heterocycles. The van der Waals surface area contributed by atoms with Crippen LogP contribution in [-0.4, -0.2) is 48.2 Å². The van der Waals surface area contributed by atoms with Gasteiger partial charge in [-0.05, 0) is 19.1 Å². The van der Waals surface area contributed by atoms with Gasteiger partial charge in [0.05, 0.1) is 12.3 Å². The zero-order chi connectivity index (χ0) is 13.3. The van der Waals surface area contributed by atoms with Crippen LogP contribution in [0.5, 0.6) is 0 Å². The number of carbonyl (C=O) groups is 1. The Morgan fingerprint density at radius 1 is 1.44 bits per heavy atom.